The summed E-state index contributed by atoms with van der Waals surface area (Å²) in [6, 6.07) is 2.51. The number of halogens is 2. The smallest absolute Gasteiger partial charge is 0.0887 e. The average Bonchev–Trinajstić information content (AvgIpc) is 2.55. The van der Waals surface area contributed by atoms with E-state index in [-0.39, 0.29) is 0 Å². The van der Waals surface area contributed by atoms with E-state index in [0.29, 0.717) is 12.0 Å². The lowest BCUT2D eigenvalue weighted by Crippen LogP contribution is -2.26. The Morgan fingerprint density at radius 2 is 2.19 bits per heavy atom. The quantitative estimate of drug-likeness (QED) is 0.753. The molecule has 0 bridgehead atoms. The zero-order valence-corrected chi connectivity index (χ0v) is 13.2. The molecule has 0 aliphatic rings. The van der Waals surface area contributed by atoms with Gasteiger partial charge in [-0.2, -0.15) is 0 Å². The third-order valence-electron chi connectivity index (χ3n) is 2.71. The molecule has 0 radical (unpaired) electrons. The Balaban J connectivity index is 2.83. The van der Waals surface area contributed by atoms with E-state index in [1.165, 1.54) is 17.7 Å². The molecule has 2 atom stereocenters. The second-order valence-corrected chi connectivity index (χ2v) is 6.88. The van der Waals surface area contributed by atoms with Crippen LogP contribution in [0.2, 0.25) is 5.02 Å². The molecule has 0 saturated heterocycles. The van der Waals surface area contributed by atoms with Crippen molar-refractivity contribution in [3.8, 4) is 0 Å². The minimum absolute atomic E-state index is 0.429. The highest BCUT2D eigenvalue weighted by atomic mass is 79.9. The molecule has 2 unspecified atom stereocenters. The largest absolute Gasteiger partial charge is 0.309 e. The van der Waals surface area contributed by atoms with Gasteiger partial charge in [-0.15, -0.1) is 11.3 Å². The number of thiophene rings is 1. The molecule has 16 heavy (non-hydrogen) atoms. The summed E-state index contributed by atoms with van der Waals surface area (Å²) < 4.78 is 1.04. The second kappa shape index (κ2) is 7.00. The molecule has 92 valence electrons. The predicted molar refractivity (Wildman–Crippen MR) is 77.5 cm³/mol. The molecular formula is C12H19BrClNS. The van der Waals surface area contributed by atoms with Crippen molar-refractivity contribution in [2.24, 2.45) is 5.92 Å². The van der Waals surface area contributed by atoms with Crippen LogP contribution in [0.1, 0.15) is 44.5 Å². The van der Waals surface area contributed by atoms with Crippen molar-refractivity contribution in [3.05, 3.63) is 19.8 Å². The van der Waals surface area contributed by atoms with Crippen molar-refractivity contribution in [2.75, 3.05) is 6.54 Å². The summed E-state index contributed by atoms with van der Waals surface area (Å²) >= 11 is 11.3. The lowest BCUT2D eigenvalue weighted by Gasteiger charge is -2.23. The van der Waals surface area contributed by atoms with Crippen LogP contribution in [0.25, 0.3) is 0 Å². The lowest BCUT2D eigenvalue weighted by atomic mass is 9.95. The van der Waals surface area contributed by atoms with Gasteiger partial charge in [0.1, 0.15) is 0 Å². The van der Waals surface area contributed by atoms with Gasteiger partial charge in [0.2, 0.25) is 0 Å². The first kappa shape index (κ1) is 14.5. The maximum atomic E-state index is 6.09. The van der Waals surface area contributed by atoms with E-state index in [0.717, 1.165) is 15.4 Å². The zero-order chi connectivity index (χ0) is 12.1. The van der Waals surface area contributed by atoms with Crippen LogP contribution in [0.5, 0.6) is 0 Å². The molecule has 0 aliphatic carbocycles. The standard InChI is InChI=1S/C12H19BrClNS/c1-4-6-8(3)11(15-5-2)10-7-9(14)12(13)16-10/h7-8,11,15H,4-6H2,1-3H3. The topological polar surface area (TPSA) is 12.0 Å². The van der Waals surface area contributed by atoms with Crippen molar-refractivity contribution in [2.45, 2.75) is 39.7 Å². The van der Waals surface area contributed by atoms with Crippen molar-refractivity contribution < 1.29 is 0 Å². The van der Waals surface area contributed by atoms with Gasteiger partial charge in [0.05, 0.1) is 8.81 Å². The van der Waals surface area contributed by atoms with E-state index in [9.17, 15) is 0 Å². The fourth-order valence-electron chi connectivity index (χ4n) is 1.94. The van der Waals surface area contributed by atoms with Crippen LogP contribution in [0.3, 0.4) is 0 Å². The summed E-state index contributed by atoms with van der Waals surface area (Å²) in [6.45, 7) is 7.68. The normalized spacial score (nSPS) is 15.1. The van der Waals surface area contributed by atoms with E-state index in [1.807, 2.05) is 0 Å². The van der Waals surface area contributed by atoms with Crippen LogP contribution in [0.15, 0.2) is 9.85 Å². The van der Waals surface area contributed by atoms with Crippen LogP contribution in [-0.2, 0) is 0 Å². The summed E-state index contributed by atoms with van der Waals surface area (Å²) in [6.07, 6.45) is 2.47. The molecule has 4 heteroatoms. The molecule has 1 aromatic heterocycles. The van der Waals surface area contributed by atoms with Crippen LogP contribution < -0.4 is 5.32 Å². The van der Waals surface area contributed by atoms with E-state index in [1.54, 1.807) is 11.3 Å². The molecule has 0 spiro atoms. The van der Waals surface area contributed by atoms with Crippen molar-refractivity contribution in [1.29, 1.82) is 0 Å². The molecule has 0 saturated carbocycles. The molecule has 0 fully saturated rings. The molecular weight excluding hydrogens is 306 g/mol. The van der Waals surface area contributed by atoms with E-state index in [2.05, 4.69) is 48.1 Å². The van der Waals surface area contributed by atoms with E-state index < -0.39 is 0 Å². The molecule has 0 aliphatic heterocycles. The Hall–Kier alpha value is 0.430. The van der Waals surface area contributed by atoms with Gasteiger partial charge < -0.3 is 5.32 Å². The number of hydrogen-bond donors (Lipinski definition) is 1. The van der Waals surface area contributed by atoms with Gasteiger partial charge in [-0.05, 0) is 40.9 Å². The molecule has 1 nitrogen and oxygen atoms in total. The van der Waals surface area contributed by atoms with Crippen LogP contribution in [0.4, 0.5) is 0 Å². The molecule has 1 rings (SSSR count). The van der Waals surface area contributed by atoms with Gasteiger partial charge in [0, 0.05) is 10.9 Å². The van der Waals surface area contributed by atoms with Gasteiger partial charge >= 0.3 is 0 Å². The number of nitrogens with one attached hydrogen (secondary N) is 1. The summed E-state index contributed by atoms with van der Waals surface area (Å²) in [7, 11) is 0. The molecule has 1 aromatic rings. The first-order valence-corrected chi connectivity index (χ1v) is 7.77. The number of rotatable bonds is 6. The minimum Gasteiger partial charge on any atom is -0.309 e. The SMILES string of the molecule is CCCC(C)C(NCC)c1cc(Cl)c(Br)s1. The Morgan fingerprint density at radius 3 is 2.62 bits per heavy atom. The van der Waals surface area contributed by atoms with Crippen molar-refractivity contribution >= 4 is 38.9 Å². The van der Waals surface area contributed by atoms with Gasteiger partial charge in [-0.1, -0.05) is 38.8 Å². The summed E-state index contributed by atoms with van der Waals surface area (Å²) in [5.41, 5.74) is 0. The highest BCUT2D eigenvalue weighted by molar-refractivity contribution is 9.11. The highest BCUT2D eigenvalue weighted by Gasteiger charge is 2.20. The Labute approximate surface area is 116 Å². The van der Waals surface area contributed by atoms with Crippen molar-refractivity contribution in [1.82, 2.24) is 5.32 Å². The summed E-state index contributed by atoms with van der Waals surface area (Å²) in [5.74, 6) is 0.645. The third kappa shape index (κ3) is 3.73. The van der Waals surface area contributed by atoms with Crippen LogP contribution >= 0.6 is 38.9 Å². The Morgan fingerprint density at radius 1 is 1.50 bits per heavy atom. The maximum Gasteiger partial charge on any atom is 0.0887 e. The molecule has 0 aromatic carbocycles. The van der Waals surface area contributed by atoms with Gasteiger partial charge in [0.25, 0.3) is 0 Å². The van der Waals surface area contributed by atoms with Crippen LogP contribution in [0, 0.1) is 5.92 Å². The highest BCUT2D eigenvalue weighted by Crippen LogP contribution is 2.38. The first-order valence-electron chi connectivity index (χ1n) is 5.78. The fourth-order valence-corrected chi connectivity index (χ4v) is 3.90. The van der Waals surface area contributed by atoms with Gasteiger partial charge in [-0.25, -0.2) is 0 Å². The average molecular weight is 325 g/mol. The van der Waals surface area contributed by atoms with Crippen molar-refractivity contribution in [3.63, 3.8) is 0 Å². The zero-order valence-electron chi connectivity index (χ0n) is 10.0. The monoisotopic (exact) mass is 323 g/mol. The fraction of sp³-hybridized carbons (Fsp3) is 0.667. The minimum atomic E-state index is 0.429. The van der Waals surface area contributed by atoms with Crippen LogP contribution in [-0.4, -0.2) is 6.54 Å². The Bertz CT molecular complexity index is 307. The second-order valence-electron chi connectivity index (χ2n) is 4.07. The van der Waals surface area contributed by atoms with Gasteiger partial charge in [-0.3, -0.25) is 0 Å². The molecule has 0 amide bonds. The molecule has 1 N–H and O–H groups in total. The number of hydrogen-bond acceptors (Lipinski definition) is 2. The maximum absolute atomic E-state index is 6.09. The van der Waals surface area contributed by atoms with E-state index >= 15 is 0 Å². The first-order chi connectivity index (χ1) is 7.60. The predicted octanol–water partition coefficient (Wildman–Crippen LogP) is 5.25. The molecule has 1 heterocycles. The van der Waals surface area contributed by atoms with Gasteiger partial charge in [0.15, 0.2) is 0 Å². The lowest BCUT2D eigenvalue weighted by molar-refractivity contribution is 0.374. The third-order valence-corrected chi connectivity index (χ3v) is 5.27. The Kier molecular flexibility index (Phi) is 6.34. The van der Waals surface area contributed by atoms with E-state index in [4.69, 9.17) is 11.6 Å². The summed E-state index contributed by atoms with van der Waals surface area (Å²) in [5, 5.41) is 4.38. The summed E-state index contributed by atoms with van der Waals surface area (Å²) in [4.78, 5) is 1.33.